The normalized spacial score (nSPS) is 11.4. The van der Waals surface area contributed by atoms with Crippen molar-refractivity contribution >= 4 is 33.1 Å². The summed E-state index contributed by atoms with van der Waals surface area (Å²) in [4.78, 5) is 12.1. The number of Topliss-reactive ketones (excluding diaryl/α,β-unsaturated/α-hetero) is 1. The van der Waals surface area contributed by atoms with Gasteiger partial charge in [0.2, 0.25) is 0 Å². The average Bonchev–Trinajstić information content (AvgIpc) is 2.18. The highest BCUT2D eigenvalue weighted by Crippen LogP contribution is 2.23. The van der Waals surface area contributed by atoms with Crippen molar-refractivity contribution in [3.8, 4) is 0 Å². The van der Waals surface area contributed by atoms with Gasteiger partial charge in [-0.2, -0.15) is 0 Å². The van der Waals surface area contributed by atoms with E-state index < -0.39 is 9.84 Å². The highest BCUT2D eigenvalue weighted by Gasteiger charge is 2.07. The van der Waals surface area contributed by atoms with E-state index in [4.69, 9.17) is 5.73 Å². The van der Waals surface area contributed by atoms with E-state index in [9.17, 15) is 13.2 Å². The SMILES string of the molecule is CC(=O)c1cc(SCCS(C)(=O)=O)ccc1N. The van der Waals surface area contributed by atoms with E-state index in [0.29, 0.717) is 17.0 Å². The van der Waals surface area contributed by atoms with Crippen LogP contribution in [0.4, 0.5) is 5.69 Å². The second kappa shape index (κ2) is 5.55. The lowest BCUT2D eigenvalue weighted by Gasteiger charge is -2.05. The van der Waals surface area contributed by atoms with E-state index in [2.05, 4.69) is 0 Å². The van der Waals surface area contributed by atoms with Gasteiger partial charge in [0.05, 0.1) is 5.75 Å². The van der Waals surface area contributed by atoms with E-state index in [1.54, 1.807) is 18.2 Å². The van der Waals surface area contributed by atoms with Crippen molar-refractivity contribution in [3.05, 3.63) is 23.8 Å². The molecule has 0 fully saturated rings. The van der Waals surface area contributed by atoms with Crippen LogP contribution in [0.15, 0.2) is 23.1 Å². The largest absolute Gasteiger partial charge is 0.398 e. The van der Waals surface area contributed by atoms with Crippen molar-refractivity contribution in [2.24, 2.45) is 0 Å². The summed E-state index contributed by atoms with van der Waals surface area (Å²) >= 11 is 1.40. The number of nitrogen functional groups attached to an aromatic ring is 1. The molecule has 0 aliphatic heterocycles. The number of sulfone groups is 1. The van der Waals surface area contributed by atoms with Crippen LogP contribution in [0.3, 0.4) is 0 Å². The van der Waals surface area contributed by atoms with Crippen molar-refractivity contribution in [3.63, 3.8) is 0 Å². The number of rotatable bonds is 5. The number of hydrogen-bond acceptors (Lipinski definition) is 5. The summed E-state index contributed by atoms with van der Waals surface area (Å²) in [6, 6.07) is 5.15. The zero-order valence-electron chi connectivity index (χ0n) is 9.76. The third-order valence-electron chi connectivity index (χ3n) is 2.13. The van der Waals surface area contributed by atoms with Crippen molar-refractivity contribution in [2.45, 2.75) is 11.8 Å². The molecule has 17 heavy (non-hydrogen) atoms. The van der Waals surface area contributed by atoms with E-state index in [1.165, 1.54) is 24.9 Å². The summed E-state index contributed by atoms with van der Waals surface area (Å²) in [6.45, 7) is 1.46. The minimum absolute atomic E-state index is 0.0898. The molecule has 0 unspecified atom stereocenters. The lowest BCUT2D eigenvalue weighted by atomic mass is 10.1. The summed E-state index contributed by atoms with van der Waals surface area (Å²) in [7, 11) is -2.94. The van der Waals surface area contributed by atoms with Crippen molar-refractivity contribution < 1.29 is 13.2 Å². The van der Waals surface area contributed by atoms with Crippen LogP contribution in [0.5, 0.6) is 0 Å². The van der Waals surface area contributed by atoms with Gasteiger partial charge in [0, 0.05) is 28.2 Å². The van der Waals surface area contributed by atoms with Gasteiger partial charge in [0.15, 0.2) is 5.78 Å². The number of benzene rings is 1. The van der Waals surface area contributed by atoms with Gasteiger partial charge in [0.1, 0.15) is 9.84 Å². The van der Waals surface area contributed by atoms with E-state index in [0.717, 1.165) is 4.90 Å². The van der Waals surface area contributed by atoms with Crippen LogP contribution in [0.25, 0.3) is 0 Å². The number of carbonyl (C=O) groups is 1. The van der Waals surface area contributed by atoms with Gasteiger partial charge < -0.3 is 5.73 Å². The predicted octanol–water partition coefficient (Wildman–Crippen LogP) is 1.61. The van der Waals surface area contributed by atoms with Crippen molar-refractivity contribution in [2.75, 3.05) is 23.5 Å². The van der Waals surface area contributed by atoms with Crippen molar-refractivity contribution in [1.82, 2.24) is 0 Å². The molecule has 1 aromatic rings. The highest BCUT2D eigenvalue weighted by atomic mass is 32.2. The molecule has 0 aliphatic rings. The Kier molecular flexibility index (Phi) is 4.59. The number of anilines is 1. The van der Waals surface area contributed by atoms with E-state index >= 15 is 0 Å². The molecule has 1 rings (SSSR count). The van der Waals surface area contributed by atoms with Gasteiger partial charge in [-0.25, -0.2) is 8.42 Å². The molecule has 0 aliphatic carbocycles. The number of nitrogens with two attached hydrogens (primary N) is 1. The van der Waals surface area contributed by atoms with Crippen LogP contribution in [-0.2, 0) is 9.84 Å². The first-order chi connectivity index (χ1) is 7.79. The molecule has 0 spiro atoms. The molecular weight excluding hydrogens is 258 g/mol. The quantitative estimate of drug-likeness (QED) is 0.501. The van der Waals surface area contributed by atoms with Crippen LogP contribution < -0.4 is 5.73 Å². The Morgan fingerprint density at radius 3 is 2.59 bits per heavy atom. The Hall–Kier alpha value is -1.01. The maximum atomic E-state index is 11.3. The highest BCUT2D eigenvalue weighted by molar-refractivity contribution is 8.00. The molecule has 0 bridgehead atoms. The second-order valence-corrected chi connectivity index (χ2v) is 7.21. The maximum absolute atomic E-state index is 11.3. The molecule has 0 radical (unpaired) electrons. The Labute approximate surface area is 106 Å². The number of thioether (sulfide) groups is 1. The van der Waals surface area contributed by atoms with Crippen LogP contribution in [0.2, 0.25) is 0 Å². The van der Waals surface area contributed by atoms with E-state index in [-0.39, 0.29) is 11.5 Å². The Morgan fingerprint density at radius 2 is 2.06 bits per heavy atom. The first kappa shape index (κ1) is 14.1. The molecular formula is C11H15NO3S2. The van der Waals surface area contributed by atoms with Gasteiger partial charge in [0.25, 0.3) is 0 Å². The van der Waals surface area contributed by atoms with Gasteiger partial charge >= 0.3 is 0 Å². The first-order valence-electron chi connectivity index (χ1n) is 5.00. The fraction of sp³-hybridized carbons (Fsp3) is 0.364. The Balaban J connectivity index is 2.73. The Bertz CT molecular complexity index is 524. The zero-order chi connectivity index (χ0) is 13.1. The van der Waals surface area contributed by atoms with Gasteiger partial charge in [-0.3, -0.25) is 4.79 Å². The summed E-state index contributed by atoms with van der Waals surface area (Å²) in [5.41, 5.74) is 6.59. The molecule has 0 saturated heterocycles. The van der Waals surface area contributed by atoms with Crippen LogP contribution in [0, 0.1) is 0 Å². The first-order valence-corrected chi connectivity index (χ1v) is 8.05. The smallest absolute Gasteiger partial charge is 0.161 e. The van der Waals surface area contributed by atoms with Crippen LogP contribution in [0.1, 0.15) is 17.3 Å². The molecule has 94 valence electrons. The molecule has 0 heterocycles. The summed E-state index contributed by atoms with van der Waals surface area (Å²) in [5.74, 6) is 0.505. The zero-order valence-corrected chi connectivity index (χ0v) is 11.4. The van der Waals surface area contributed by atoms with Gasteiger partial charge in [-0.1, -0.05) is 0 Å². The minimum Gasteiger partial charge on any atom is -0.398 e. The summed E-state index contributed by atoms with van der Waals surface area (Å²) < 4.78 is 21.9. The number of hydrogen-bond donors (Lipinski definition) is 1. The van der Waals surface area contributed by atoms with Crippen LogP contribution >= 0.6 is 11.8 Å². The second-order valence-electron chi connectivity index (χ2n) is 3.78. The monoisotopic (exact) mass is 273 g/mol. The fourth-order valence-corrected chi connectivity index (χ4v) is 3.39. The fourth-order valence-electron chi connectivity index (χ4n) is 1.24. The third-order valence-corrected chi connectivity index (χ3v) is 4.33. The molecule has 1 aromatic carbocycles. The average molecular weight is 273 g/mol. The molecule has 4 nitrogen and oxygen atoms in total. The molecule has 0 amide bonds. The van der Waals surface area contributed by atoms with Gasteiger partial charge in [-0.05, 0) is 25.1 Å². The topological polar surface area (TPSA) is 77.2 Å². The lowest BCUT2D eigenvalue weighted by molar-refractivity contribution is 0.101. The van der Waals surface area contributed by atoms with Crippen LogP contribution in [-0.4, -0.2) is 32.0 Å². The van der Waals surface area contributed by atoms with Gasteiger partial charge in [-0.15, -0.1) is 11.8 Å². The molecule has 0 aromatic heterocycles. The minimum atomic E-state index is -2.94. The lowest BCUT2D eigenvalue weighted by Crippen LogP contribution is -2.05. The van der Waals surface area contributed by atoms with E-state index in [1.807, 2.05) is 0 Å². The number of carbonyl (C=O) groups excluding carboxylic acids is 1. The predicted molar refractivity (Wildman–Crippen MR) is 71.3 cm³/mol. The molecule has 6 heteroatoms. The molecule has 0 atom stereocenters. The standard InChI is InChI=1S/C11H15NO3S2/c1-8(13)10-7-9(3-4-11(10)12)16-5-6-17(2,14)15/h3-4,7H,5-6,12H2,1-2H3. The summed E-state index contributed by atoms with van der Waals surface area (Å²) in [6.07, 6.45) is 1.21. The third kappa shape index (κ3) is 4.79. The molecule has 0 saturated carbocycles. The Morgan fingerprint density at radius 1 is 1.41 bits per heavy atom. The molecule has 2 N–H and O–H groups in total. The summed E-state index contributed by atoms with van der Waals surface area (Å²) in [5, 5.41) is 0. The maximum Gasteiger partial charge on any atom is 0.161 e. The number of ketones is 1. The van der Waals surface area contributed by atoms with Crippen molar-refractivity contribution in [1.29, 1.82) is 0 Å².